The molecule has 1 atom stereocenters. The van der Waals surface area contributed by atoms with Gasteiger partial charge < -0.3 is 19.5 Å². The molecule has 0 bridgehead atoms. The molecule has 9 nitrogen and oxygen atoms in total. The Bertz CT molecular complexity index is 1510. The minimum absolute atomic E-state index is 0.105. The summed E-state index contributed by atoms with van der Waals surface area (Å²) in [7, 11) is -2.48. The Morgan fingerprint density at radius 1 is 1.00 bits per heavy atom. The molecule has 1 amide bonds. The number of nitrogens with zero attached hydrogens (tertiary/aromatic N) is 2. The number of hydrogen-bond donors (Lipinski definition) is 1. The van der Waals surface area contributed by atoms with Gasteiger partial charge in [0, 0.05) is 26.2 Å². The molecule has 5 rings (SSSR count). The van der Waals surface area contributed by atoms with Gasteiger partial charge in [0.1, 0.15) is 11.5 Å². The van der Waals surface area contributed by atoms with E-state index in [1.807, 2.05) is 24.3 Å². The summed E-state index contributed by atoms with van der Waals surface area (Å²) in [4.78, 5) is 15.9. The topological polar surface area (TPSA) is 97.4 Å². The van der Waals surface area contributed by atoms with Gasteiger partial charge in [-0.3, -0.25) is 14.0 Å². The summed E-state index contributed by atoms with van der Waals surface area (Å²) in [5.74, 6) is 0.519. The highest BCUT2D eigenvalue weighted by molar-refractivity contribution is 7.92. The first-order chi connectivity index (χ1) is 20.0. The molecule has 1 fully saturated rings. The molecule has 10 heteroatoms. The van der Waals surface area contributed by atoms with E-state index < -0.39 is 16.1 Å². The molecular formula is C32H39N3O6S. The van der Waals surface area contributed by atoms with Crippen LogP contribution < -0.4 is 19.1 Å². The van der Waals surface area contributed by atoms with Crippen molar-refractivity contribution in [3.63, 3.8) is 0 Å². The number of rotatable bonds is 8. The van der Waals surface area contributed by atoms with Crippen molar-refractivity contribution in [1.29, 1.82) is 0 Å². The van der Waals surface area contributed by atoms with Crippen LogP contribution in [0, 0.1) is 0 Å². The Kier molecular flexibility index (Phi) is 8.77. The van der Waals surface area contributed by atoms with E-state index in [0.29, 0.717) is 23.7 Å². The van der Waals surface area contributed by atoms with Crippen LogP contribution in [0.2, 0.25) is 0 Å². The lowest BCUT2D eigenvalue weighted by molar-refractivity contribution is -0.127. The second kappa shape index (κ2) is 12.3. The van der Waals surface area contributed by atoms with Crippen LogP contribution in [-0.4, -0.2) is 65.3 Å². The predicted molar refractivity (Wildman–Crippen MR) is 161 cm³/mol. The third-order valence-corrected chi connectivity index (χ3v) is 9.40. The fourth-order valence-electron chi connectivity index (χ4n) is 5.12. The summed E-state index contributed by atoms with van der Waals surface area (Å²) in [6.07, 6.45) is -1.03. The van der Waals surface area contributed by atoms with E-state index in [9.17, 15) is 13.2 Å². The van der Waals surface area contributed by atoms with Gasteiger partial charge in [0.15, 0.2) is 6.10 Å². The van der Waals surface area contributed by atoms with Crippen LogP contribution >= 0.6 is 0 Å². The summed E-state index contributed by atoms with van der Waals surface area (Å²) in [6, 6.07) is 19.9. The number of carbonyl (C=O) groups is 1. The predicted octanol–water partition coefficient (Wildman–Crippen LogP) is 4.10. The summed E-state index contributed by atoms with van der Waals surface area (Å²) in [6.45, 7) is 10.4. The zero-order valence-corrected chi connectivity index (χ0v) is 25.4. The van der Waals surface area contributed by atoms with Crippen LogP contribution in [0.4, 0.5) is 5.69 Å². The Balaban J connectivity index is 1.36. The van der Waals surface area contributed by atoms with E-state index in [2.05, 4.69) is 43.1 Å². The molecule has 1 N–H and O–H groups in total. The normalized spacial score (nSPS) is 17.7. The molecule has 2 aliphatic heterocycles. The number of methoxy groups -OCH3 is 1. The van der Waals surface area contributed by atoms with E-state index >= 15 is 0 Å². The first-order valence-corrected chi connectivity index (χ1v) is 15.6. The largest absolute Gasteiger partial charge is 0.497 e. The molecule has 0 spiro atoms. The number of benzene rings is 3. The highest BCUT2D eigenvalue weighted by atomic mass is 32.2. The van der Waals surface area contributed by atoms with Crippen molar-refractivity contribution in [2.75, 3.05) is 44.3 Å². The molecule has 0 radical (unpaired) electrons. The molecule has 224 valence electrons. The molecule has 2 aliphatic rings. The maximum Gasteiger partial charge on any atom is 0.264 e. The Morgan fingerprint density at radius 3 is 2.40 bits per heavy atom. The van der Waals surface area contributed by atoms with E-state index in [1.165, 1.54) is 23.5 Å². The molecular weight excluding hydrogens is 554 g/mol. The molecule has 1 saturated heterocycles. The van der Waals surface area contributed by atoms with Crippen LogP contribution in [0.1, 0.15) is 37.5 Å². The van der Waals surface area contributed by atoms with Crippen LogP contribution in [-0.2, 0) is 38.1 Å². The lowest BCUT2D eigenvalue weighted by atomic mass is 9.86. The van der Waals surface area contributed by atoms with Crippen molar-refractivity contribution < 1.29 is 27.4 Å². The summed E-state index contributed by atoms with van der Waals surface area (Å²) in [5, 5.41) is 2.96. The minimum atomic E-state index is -4.01. The Morgan fingerprint density at radius 2 is 1.71 bits per heavy atom. The molecule has 0 aromatic heterocycles. The SMILES string of the molecule is COc1ccc(S(=O)(=O)N2C[C@H](C(=O)NCc3cccc(CN4CCOCC4)c3)Oc3ccc(C(C)(C)C)cc32)cc1. The van der Waals surface area contributed by atoms with E-state index in [4.69, 9.17) is 14.2 Å². The molecule has 3 aromatic rings. The van der Waals surface area contributed by atoms with Crippen molar-refractivity contribution in [3.05, 3.63) is 83.4 Å². The fraction of sp³-hybridized carbons (Fsp3) is 0.406. The van der Waals surface area contributed by atoms with Crippen LogP contribution in [0.25, 0.3) is 0 Å². The quantitative estimate of drug-likeness (QED) is 0.420. The minimum Gasteiger partial charge on any atom is -0.497 e. The summed E-state index contributed by atoms with van der Waals surface area (Å²) < 4.78 is 45.9. The van der Waals surface area contributed by atoms with Crippen molar-refractivity contribution in [2.45, 2.75) is 50.3 Å². The number of sulfonamides is 1. The number of ether oxygens (including phenoxy) is 3. The third-order valence-electron chi connectivity index (χ3n) is 7.60. The number of fused-ring (bicyclic) bond motifs is 1. The Hall–Kier alpha value is -3.60. The summed E-state index contributed by atoms with van der Waals surface area (Å²) >= 11 is 0. The van der Waals surface area contributed by atoms with Gasteiger partial charge in [0.05, 0.1) is 37.5 Å². The molecule has 2 heterocycles. The van der Waals surface area contributed by atoms with Crippen molar-refractivity contribution in [3.8, 4) is 11.5 Å². The average Bonchev–Trinajstić information content (AvgIpc) is 2.99. The van der Waals surface area contributed by atoms with Crippen LogP contribution in [0.15, 0.2) is 71.6 Å². The van der Waals surface area contributed by atoms with Crippen LogP contribution in [0.3, 0.4) is 0 Å². The number of anilines is 1. The lowest BCUT2D eigenvalue weighted by Crippen LogP contribution is -2.50. The van der Waals surface area contributed by atoms with Gasteiger partial charge in [0.25, 0.3) is 15.9 Å². The smallest absolute Gasteiger partial charge is 0.264 e. The first kappa shape index (κ1) is 29.9. The van der Waals surface area contributed by atoms with E-state index in [1.54, 1.807) is 18.2 Å². The van der Waals surface area contributed by atoms with Gasteiger partial charge in [0.2, 0.25) is 0 Å². The number of nitrogens with one attached hydrogen (secondary N) is 1. The maximum atomic E-state index is 13.9. The molecule has 0 aliphatic carbocycles. The molecule has 0 unspecified atom stereocenters. The monoisotopic (exact) mass is 593 g/mol. The molecule has 42 heavy (non-hydrogen) atoms. The fourth-order valence-corrected chi connectivity index (χ4v) is 6.58. The van der Waals surface area contributed by atoms with E-state index in [-0.39, 0.29) is 22.8 Å². The third kappa shape index (κ3) is 6.72. The van der Waals surface area contributed by atoms with Gasteiger partial charge in [-0.25, -0.2) is 8.42 Å². The summed E-state index contributed by atoms with van der Waals surface area (Å²) in [5.41, 5.74) is 3.29. The maximum absolute atomic E-state index is 13.9. The number of carbonyl (C=O) groups excluding carboxylic acids is 1. The van der Waals surface area contributed by atoms with Gasteiger partial charge in [-0.2, -0.15) is 0 Å². The number of hydrogen-bond acceptors (Lipinski definition) is 7. The lowest BCUT2D eigenvalue weighted by Gasteiger charge is -2.36. The molecule has 3 aromatic carbocycles. The van der Waals surface area contributed by atoms with Crippen molar-refractivity contribution >= 4 is 21.6 Å². The van der Waals surface area contributed by atoms with Gasteiger partial charge in [-0.15, -0.1) is 0 Å². The van der Waals surface area contributed by atoms with Crippen LogP contribution in [0.5, 0.6) is 11.5 Å². The van der Waals surface area contributed by atoms with E-state index in [0.717, 1.165) is 49.5 Å². The zero-order valence-electron chi connectivity index (χ0n) is 24.6. The number of morpholine rings is 1. The highest BCUT2D eigenvalue weighted by Crippen LogP contribution is 2.40. The van der Waals surface area contributed by atoms with Gasteiger partial charge >= 0.3 is 0 Å². The molecule has 0 saturated carbocycles. The zero-order chi connectivity index (χ0) is 29.9. The van der Waals surface area contributed by atoms with Crippen molar-refractivity contribution in [1.82, 2.24) is 10.2 Å². The second-order valence-corrected chi connectivity index (χ2v) is 13.5. The highest BCUT2D eigenvalue weighted by Gasteiger charge is 2.38. The average molecular weight is 594 g/mol. The first-order valence-electron chi connectivity index (χ1n) is 14.2. The standard InChI is InChI=1S/C32H39N3O6S/c1-32(2,3)25-8-13-29-28(19-25)35(42(37,38)27-11-9-26(39-4)10-12-27)22-30(41-29)31(36)33-20-23-6-5-7-24(18-23)21-34-14-16-40-17-15-34/h5-13,18-19,30H,14-17,20-22H2,1-4H3,(H,33,36)/t30-/m1/s1. The van der Waals surface area contributed by atoms with Gasteiger partial charge in [-0.05, 0) is 58.5 Å². The van der Waals surface area contributed by atoms with Gasteiger partial charge in [-0.1, -0.05) is 51.1 Å². The van der Waals surface area contributed by atoms with Crippen molar-refractivity contribution in [2.24, 2.45) is 0 Å². The Labute approximate surface area is 248 Å². The number of amides is 1. The second-order valence-electron chi connectivity index (χ2n) is 11.7.